The molecule has 0 saturated carbocycles. The van der Waals surface area contributed by atoms with E-state index in [9.17, 15) is 8.42 Å². The molecule has 0 radical (unpaired) electrons. The van der Waals surface area contributed by atoms with Crippen LogP contribution in [0.5, 0.6) is 0 Å². The summed E-state index contributed by atoms with van der Waals surface area (Å²) in [7, 11) is -3.39. The van der Waals surface area contributed by atoms with E-state index < -0.39 is 10.2 Å². The summed E-state index contributed by atoms with van der Waals surface area (Å²) in [5.74, 6) is 0.607. The summed E-state index contributed by atoms with van der Waals surface area (Å²) in [5, 5.41) is 0. The van der Waals surface area contributed by atoms with E-state index in [1.54, 1.807) is 4.31 Å². The monoisotopic (exact) mass is 307 g/mol. The normalized spacial score (nSPS) is 19.2. The molecule has 1 aliphatic heterocycles. The molecule has 112 valence electrons. The largest absolute Gasteiger partial charge is 0.393 e. The lowest BCUT2D eigenvalue weighted by Crippen LogP contribution is -2.50. The lowest BCUT2D eigenvalue weighted by Gasteiger charge is -2.35. The Kier molecular flexibility index (Phi) is 6.16. The van der Waals surface area contributed by atoms with Crippen LogP contribution < -0.4 is 5.73 Å². The summed E-state index contributed by atoms with van der Waals surface area (Å²) in [4.78, 5) is 0.355. The third-order valence-corrected chi connectivity index (χ3v) is 5.94. The molecule has 0 aromatic heterocycles. The Bertz CT molecular complexity index is 401. The van der Waals surface area contributed by atoms with Crippen molar-refractivity contribution in [3.63, 3.8) is 0 Å². The third-order valence-electron chi connectivity index (χ3n) is 3.52. The average molecular weight is 307 g/mol. The Morgan fingerprint density at radius 3 is 2.37 bits per heavy atom. The predicted molar refractivity (Wildman–Crippen MR) is 82.1 cm³/mol. The van der Waals surface area contributed by atoms with Crippen molar-refractivity contribution in [1.29, 1.82) is 0 Å². The Hall–Kier alpha value is -0.240. The minimum absolute atomic E-state index is 0.0845. The fourth-order valence-corrected chi connectivity index (χ4v) is 4.14. The number of hydrogen-bond acceptors (Lipinski definition) is 3. The summed E-state index contributed by atoms with van der Waals surface area (Å²) in [5.41, 5.74) is 5.48. The van der Waals surface area contributed by atoms with Gasteiger partial charge in [0.1, 0.15) is 0 Å². The van der Waals surface area contributed by atoms with Crippen molar-refractivity contribution >= 4 is 27.4 Å². The first kappa shape index (κ1) is 16.8. The number of nitrogens with two attached hydrogens (primary N) is 1. The second kappa shape index (κ2) is 6.97. The van der Waals surface area contributed by atoms with Crippen molar-refractivity contribution in [2.24, 2.45) is 11.7 Å². The van der Waals surface area contributed by atoms with Gasteiger partial charge < -0.3 is 5.73 Å². The molecule has 1 saturated heterocycles. The molecule has 0 aromatic rings. The van der Waals surface area contributed by atoms with Crippen molar-refractivity contribution in [2.75, 3.05) is 19.6 Å². The molecule has 1 fully saturated rings. The highest BCUT2D eigenvalue weighted by molar-refractivity contribution is 7.86. The van der Waals surface area contributed by atoms with Crippen LogP contribution in [-0.4, -0.2) is 47.7 Å². The molecule has 0 atom stereocenters. The number of thiocarbonyl (C=S) groups is 1. The second-order valence-electron chi connectivity index (χ2n) is 5.51. The van der Waals surface area contributed by atoms with Gasteiger partial charge in [-0.1, -0.05) is 19.1 Å². The summed E-state index contributed by atoms with van der Waals surface area (Å²) in [6.07, 6.45) is 2.29. The lowest BCUT2D eigenvalue weighted by atomic mass is 10.0. The summed E-state index contributed by atoms with van der Waals surface area (Å²) in [6, 6.07) is -0.0845. The third kappa shape index (κ3) is 4.66. The number of nitrogens with zero attached hydrogens (tertiary/aromatic N) is 2. The van der Waals surface area contributed by atoms with Gasteiger partial charge in [-0.2, -0.15) is 17.0 Å². The standard InChI is InChI=1S/C12H25N3O2S2/c1-10(2)15(9-6-12(13)18)19(16,17)14-7-4-11(3)5-8-14/h10-11H,4-9H2,1-3H3,(H2,13,18). The zero-order valence-electron chi connectivity index (χ0n) is 12.0. The van der Waals surface area contributed by atoms with E-state index >= 15 is 0 Å². The molecular weight excluding hydrogens is 282 g/mol. The highest BCUT2D eigenvalue weighted by atomic mass is 32.2. The first-order chi connectivity index (χ1) is 8.75. The molecule has 0 aliphatic carbocycles. The van der Waals surface area contributed by atoms with E-state index in [0.717, 1.165) is 12.8 Å². The quantitative estimate of drug-likeness (QED) is 0.752. The molecule has 7 heteroatoms. The molecule has 19 heavy (non-hydrogen) atoms. The van der Waals surface area contributed by atoms with Gasteiger partial charge in [-0.25, -0.2) is 0 Å². The molecule has 2 N–H and O–H groups in total. The van der Waals surface area contributed by atoms with Gasteiger partial charge in [-0.05, 0) is 32.6 Å². The second-order valence-corrected chi connectivity index (χ2v) is 7.92. The van der Waals surface area contributed by atoms with Crippen molar-refractivity contribution in [1.82, 2.24) is 8.61 Å². The lowest BCUT2D eigenvalue weighted by molar-refractivity contribution is 0.254. The van der Waals surface area contributed by atoms with Gasteiger partial charge >= 0.3 is 0 Å². The fraction of sp³-hybridized carbons (Fsp3) is 0.917. The molecule has 1 rings (SSSR count). The molecule has 1 aliphatic rings. The van der Waals surface area contributed by atoms with Crippen LogP contribution in [0.4, 0.5) is 0 Å². The summed E-state index contributed by atoms with van der Waals surface area (Å²) >= 11 is 4.84. The van der Waals surface area contributed by atoms with Gasteiger partial charge in [0.05, 0.1) is 4.99 Å². The van der Waals surface area contributed by atoms with Crippen LogP contribution in [0.1, 0.15) is 40.0 Å². The highest BCUT2D eigenvalue weighted by Crippen LogP contribution is 2.22. The van der Waals surface area contributed by atoms with Crippen LogP contribution in [0.15, 0.2) is 0 Å². The van der Waals surface area contributed by atoms with Gasteiger partial charge in [0, 0.05) is 32.1 Å². The summed E-state index contributed by atoms with van der Waals surface area (Å²) < 4.78 is 28.3. The van der Waals surface area contributed by atoms with Crippen molar-refractivity contribution in [2.45, 2.75) is 46.1 Å². The first-order valence-corrected chi connectivity index (χ1v) is 8.61. The highest BCUT2D eigenvalue weighted by Gasteiger charge is 2.33. The van der Waals surface area contributed by atoms with Crippen LogP contribution in [0.2, 0.25) is 0 Å². The van der Waals surface area contributed by atoms with Crippen molar-refractivity contribution < 1.29 is 8.42 Å². The average Bonchev–Trinajstić information content (AvgIpc) is 2.28. The van der Waals surface area contributed by atoms with E-state index in [0.29, 0.717) is 37.0 Å². The van der Waals surface area contributed by atoms with E-state index in [2.05, 4.69) is 6.92 Å². The SMILES string of the molecule is CC1CCN(S(=O)(=O)N(CCC(N)=S)C(C)C)CC1. The van der Waals surface area contributed by atoms with Gasteiger partial charge in [-0.15, -0.1) is 0 Å². The molecular formula is C12H25N3O2S2. The number of piperidine rings is 1. The van der Waals surface area contributed by atoms with E-state index in [4.69, 9.17) is 18.0 Å². The summed E-state index contributed by atoms with van der Waals surface area (Å²) in [6.45, 7) is 7.51. The van der Waals surface area contributed by atoms with Crippen molar-refractivity contribution in [3.8, 4) is 0 Å². The molecule has 0 aromatic carbocycles. The Morgan fingerprint density at radius 1 is 1.42 bits per heavy atom. The maximum Gasteiger partial charge on any atom is 0.282 e. The van der Waals surface area contributed by atoms with Crippen LogP contribution in [0.25, 0.3) is 0 Å². The van der Waals surface area contributed by atoms with Gasteiger partial charge in [0.15, 0.2) is 0 Å². The van der Waals surface area contributed by atoms with Gasteiger partial charge in [0.25, 0.3) is 10.2 Å². The van der Waals surface area contributed by atoms with E-state index in [1.165, 1.54) is 4.31 Å². The van der Waals surface area contributed by atoms with Crippen LogP contribution in [0.3, 0.4) is 0 Å². The smallest absolute Gasteiger partial charge is 0.282 e. The molecule has 0 spiro atoms. The van der Waals surface area contributed by atoms with Gasteiger partial charge in [-0.3, -0.25) is 0 Å². The fourth-order valence-electron chi connectivity index (χ4n) is 2.22. The molecule has 0 bridgehead atoms. The maximum absolute atomic E-state index is 12.6. The molecule has 1 heterocycles. The maximum atomic E-state index is 12.6. The predicted octanol–water partition coefficient (Wildman–Crippen LogP) is 1.35. The minimum Gasteiger partial charge on any atom is -0.393 e. The Labute approximate surface area is 122 Å². The zero-order valence-corrected chi connectivity index (χ0v) is 13.6. The Balaban J connectivity index is 2.78. The number of hydrogen-bond donors (Lipinski definition) is 1. The first-order valence-electron chi connectivity index (χ1n) is 6.80. The van der Waals surface area contributed by atoms with Crippen LogP contribution in [0, 0.1) is 5.92 Å². The minimum atomic E-state index is -3.39. The van der Waals surface area contributed by atoms with E-state index in [-0.39, 0.29) is 6.04 Å². The number of rotatable bonds is 6. The van der Waals surface area contributed by atoms with E-state index in [1.807, 2.05) is 13.8 Å². The molecule has 0 unspecified atom stereocenters. The van der Waals surface area contributed by atoms with Gasteiger partial charge in [0.2, 0.25) is 0 Å². The molecule has 0 amide bonds. The molecule has 5 nitrogen and oxygen atoms in total. The van der Waals surface area contributed by atoms with Crippen molar-refractivity contribution in [3.05, 3.63) is 0 Å². The van der Waals surface area contributed by atoms with Crippen LogP contribution >= 0.6 is 12.2 Å². The zero-order chi connectivity index (χ0) is 14.6. The topological polar surface area (TPSA) is 66.6 Å². The van der Waals surface area contributed by atoms with Crippen LogP contribution in [-0.2, 0) is 10.2 Å². The Morgan fingerprint density at radius 2 is 1.95 bits per heavy atom.